The van der Waals surface area contributed by atoms with E-state index < -0.39 is 0 Å². The maximum Gasteiger partial charge on any atom is 0.237 e. The van der Waals surface area contributed by atoms with Gasteiger partial charge in [-0.15, -0.1) is 0 Å². The second-order valence-corrected chi connectivity index (χ2v) is 6.73. The Bertz CT molecular complexity index is 500. The molecule has 1 aromatic rings. The SMILES string of the molecule is CC1CCCC(NC(=O)[C@@H]2Cc3ccccc3CN2)CC1. The number of benzene rings is 1. The van der Waals surface area contributed by atoms with Gasteiger partial charge in [0.1, 0.15) is 0 Å². The summed E-state index contributed by atoms with van der Waals surface area (Å²) in [6, 6.07) is 8.72. The molecule has 1 aliphatic heterocycles. The van der Waals surface area contributed by atoms with Gasteiger partial charge in [0.15, 0.2) is 0 Å². The highest BCUT2D eigenvalue weighted by Gasteiger charge is 2.26. The molecular formula is C18H26N2O. The lowest BCUT2D eigenvalue weighted by molar-refractivity contribution is -0.124. The molecule has 1 fully saturated rings. The molecule has 2 unspecified atom stereocenters. The van der Waals surface area contributed by atoms with Gasteiger partial charge >= 0.3 is 0 Å². The molecule has 1 heterocycles. The molecule has 3 rings (SSSR count). The summed E-state index contributed by atoms with van der Waals surface area (Å²) < 4.78 is 0. The van der Waals surface area contributed by atoms with Crippen LogP contribution in [0.4, 0.5) is 0 Å². The van der Waals surface area contributed by atoms with Crippen LogP contribution in [0, 0.1) is 5.92 Å². The zero-order valence-electron chi connectivity index (χ0n) is 12.9. The average molecular weight is 286 g/mol. The van der Waals surface area contributed by atoms with Crippen molar-refractivity contribution < 1.29 is 4.79 Å². The lowest BCUT2D eigenvalue weighted by Crippen LogP contribution is -2.50. The standard InChI is InChI=1S/C18H26N2O/c1-13-5-4-8-16(10-9-13)20-18(21)17-11-14-6-2-3-7-15(14)12-19-17/h2-3,6-7,13,16-17,19H,4-5,8-12H2,1H3,(H,20,21)/t13?,16?,17-/m0/s1. The Morgan fingerprint density at radius 2 is 1.95 bits per heavy atom. The van der Waals surface area contributed by atoms with E-state index in [2.05, 4.69) is 41.8 Å². The highest BCUT2D eigenvalue weighted by molar-refractivity contribution is 5.82. The number of hydrogen-bond acceptors (Lipinski definition) is 2. The molecule has 3 nitrogen and oxygen atoms in total. The van der Waals surface area contributed by atoms with Crippen molar-refractivity contribution >= 4 is 5.91 Å². The van der Waals surface area contributed by atoms with Gasteiger partial charge < -0.3 is 10.6 Å². The zero-order valence-corrected chi connectivity index (χ0v) is 12.9. The van der Waals surface area contributed by atoms with Crippen LogP contribution in [0.15, 0.2) is 24.3 Å². The summed E-state index contributed by atoms with van der Waals surface area (Å²) in [6.07, 6.45) is 6.88. The van der Waals surface area contributed by atoms with Crippen LogP contribution in [0.2, 0.25) is 0 Å². The Labute approximate surface area is 127 Å². The fourth-order valence-electron chi connectivity index (χ4n) is 3.57. The van der Waals surface area contributed by atoms with Crippen molar-refractivity contribution in [2.24, 2.45) is 5.92 Å². The average Bonchev–Trinajstić information content (AvgIpc) is 2.71. The highest BCUT2D eigenvalue weighted by Crippen LogP contribution is 2.23. The molecule has 1 saturated carbocycles. The summed E-state index contributed by atoms with van der Waals surface area (Å²) in [4.78, 5) is 12.5. The summed E-state index contributed by atoms with van der Waals surface area (Å²) >= 11 is 0. The lowest BCUT2D eigenvalue weighted by atomic mass is 9.95. The molecule has 114 valence electrons. The van der Waals surface area contributed by atoms with Crippen molar-refractivity contribution in [1.29, 1.82) is 0 Å². The molecule has 0 radical (unpaired) electrons. The van der Waals surface area contributed by atoms with Crippen molar-refractivity contribution in [3.63, 3.8) is 0 Å². The summed E-state index contributed by atoms with van der Waals surface area (Å²) in [5, 5.41) is 6.66. The van der Waals surface area contributed by atoms with Gasteiger partial charge in [0.2, 0.25) is 5.91 Å². The second kappa shape index (κ2) is 6.61. The molecule has 1 aromatic carbocycles. The molecule has 0 bridgehead atoms. The highest BCUT2D eigenvalue weighted by atomic mass is 16.2. The first kappa shape index (κ1) is 14.6. The number of carbonyl (C=O) groups excluding carboxylic acids is 1. The molecule has 21 heavy (non-hydrogen) atoms. The summed E-state index contributed by atoms with van der Waals surface area (Å²) in [5.74, 6) is 0.996. The number of nitrogens with one attached hydrogen (secondary N) is 2. The third kappa shape index (κ3) is 3.65. The van der Waals surface area contributed by atoms with Crippen LogP contribution in [0.25, 0.3) is 0 Å². The summed E-state index contributed by atoms with van der Waals surface area (Å²) in [5.41, 5.74) is 2.63. The quantitative estimate of drug-likeness (QED) is 0.821. The van der Waals surface area contributed by atoms with Gasteiger partial charge in [-0.05, 0) is 42.7 Å². The van der Waals surface area contributed by atoms with Crippen molar-refractivity contribution in [3.05, 3.63) is 35.4 Å². The summed E-state index contributed by atoms with van der Waals surface area (Å²) in [7, 11) is 0. The van der Waals surface area contributed by atoms with E-state index in [4.69, 9.17) is 0 Å². The third-order valence-electron chi connectivity index (χ3n) is 5.00. The topological polar surface area (TPSA) is 41.1 Å². The Hall–Kier alpha value is -1.35. The minimum atomic E-state index is -0.0689. The zero-order chi connectivity index (χ0) is 14.7. The molecule has 0 aromatic heterocycles. The van der Waals surface area contributed by atoms with E-state index in [9.17, 15) is 4.79 Å². The van der Waals surface area contributed by atoms with E-state index in [1.807, 2.05) is 0 Å². The van der Waals surface area contributed by atoms with Crippen LogP contribution < -0.4 is 10.6 Å². The monoisotopic (exact) mass is 286 g/mol. The lowest BCUT2D eigenvalue weighted by Gasteiger charge is -2.27. The van der Waals surface area contributed by atoms with E-state index in [0.717, 1.165) is 31.7 Å². The van der Waals surface area contributed by atoms with Crippen LogP contribution in [0.5, 0.6) is 0 Å². The van der Waals surface area contributed by atoms with Gasteiger partial charge in [0.05, 0.1) is 6.04 Å². The van der Waals surface area contributed by atoms with Gasteiger partial charge in [-0.2, -0.15) is 0 Å². The maximum absolute atomic E-state index is 12.5. The number of carbonyl (C=O) groups is 1. The molecule has 2 N–H and O–H groups in total. The molecule has 0 spiro atoms. The van der Waals surface area contributed by atoms with E-state index in [1.54, 1.807) is 0 Å². The number of hydrogen-bond donors (Lipinski definition) is 2. The van der Waals surface area contributed by atoms with Crippen LogP contribution in [0.3, 0.4) is 0 Å². The molecule has 1 aliphatic carbocycles. The Kier molecular flexibility index (Phi) is 4.59. The fourth-order valence-corrected chi connectivity index (χ4v) is 3.57. The number of rotatable bonds is 2. The number of fused-ring (bicyclic) bond motifs is 1. The van der Waals surface area contributed by atoms with Gasteiger partial charge in [-0.3, -0.25) is 4.79 Å². The van der Waals surface area contributed by atoms with E-state index in [1.165, 1.54) is 30.4 Å². The number of amides is 1. The van der Waals surface area contributed by atoms with Gasteiger partial charge in [-0.25, -0.2) is 0 Å². The first-order valence-electron chi connectivity index (χ1n) is 8.33. The second-order valence-electron chi connectivity index (χ2n) is 6.73. The van der Waals surface area contributed by atoms with Crippen LogP contribution in [-0.4, -0.2) is 18.0 Å². The Balaban J connectivity index is 1.57. The van der Waals surface area contributed by atoms with Crippen LogP contribution in [0.1, 0.15) is 50.2 Å². The largest absolute Gasteiger partial charge is 0.352 e. The molecule has 2 aliphatic rings. The molecule has 0 saturated heterocycles. The predicted molar refractivity (Wildman–Crippen MR) is 85.0 cm³/mol. The first-order valence-corrected chi connectivity index (χ1v) is 8.33. The molecule has 3 atom stereocenters. The Morgan fingerprint density at radius 1 is 1.14 bits per heavy atom. The molecular weight excluding hydrogens is 260 g/mol. The van der Waals surface area contributed by atoms with Crippen molar-refractivity contribution in [2.45, 2.75) is 64.1 Å². The van der Waals surface area contributed by atoms with Gasteiger partial charge in [-0.1, -0.05) is 44.0 Å². The molecule has 1 amide bonds. The first-order chi connectivity index (χ1) is 10.2. The van der Waals surface area contributed by atoms with Crippen LogP contribution in [-0.2, 0) is 17.8 Å². The normalized spacial score (nSPS) is 29.3. The minimum absolute atomic E-state index is 0.0689. The van der Waals surface area contributed by atoms with Crippen molar-refractivity contribution in [1.82, 2.24) is 10.6 Å². The Morgan fingerprint density at radius 3 is 2.81 bits per heavy atom. The smallest absolute Gasteiger partial charge is 0.237 e. The summed E-state index contributed by atoms with van der Waals surface area (Å²) in [6.45, 7) is 3.12. The molecule has 3 heteroatoms. The van der Waals surface area contributed by atoms with Gasteiger partial charge in [0, 0.05) is 12.6 Å². The van der Waals surface area contributed by atoms with E-state index >= 15 is 0 Å². The van der Waals surface area contributed by atoms with Crippen molar-refractivity contribution in [3.8, 4) is 0 Å². The van der Waals surface area contributed by atoms with E-state index in [-0.39, 0.29) is 11.9 Å². The maximum atomic E-state index is 12.5. The van der Waals surface area contributed by atoms with E-state index in [0.29, 0.717) is 6.04 Å². The minimum Gasteiger partial charge on any atom is -0.352 e. The third-order valence-corrected chi connectivity index (χ3v) is 5.00. The van der Waals surface area contributed by atoms with Gasteiger partial charge in [0.25, 0.3) is 0 Å². The predicted octanol–water partition coefficient (Wildman–Crippen LogP) is 2.79. The van der Waals surface area contributed by atoms with Crippen LogP contribution >= 0.6 is 0 Å². The van der Waals surface area contributed by atoms with Crippen molar-refractivity contribution in [2.75, 3.05) is 0 Å². The fraction of sp³-hybridized carbons (Fsp3) is 0.611.